The predicted molar refractivity (Wildman–Crippen MR) is 85.0 cm³/mol. The second-order valence-corrected chi connectivity index (χ2v) is 7.62. The van der Waals surface area contributed by atoms with Crippen LogP contribution in [0.4, 0.5) is 0 Å². The van der Waals surface area contributed by atoms with Crippen molar-refractivity contribution >= 4 is 11.8 Å². The summed E-state index contributed by atoms with van der Waals surface area (Å²) < 4.78 is 0.577. The second-order valence-electron chi connectivity index (χ2n) is 6.34. The van der Waals surface area contributed by atoms with E-state index in [1.54, 1.807) is 5.56 Å². The molecule has 0 unspecified atom stereocenters. The Balaban J connectivity index is 1.47. The maximum atomic E-state index is 3.81. The van der Waals surface area contributed by atoms with Gasteiger partial charge in [0.15, 0.2) is 0 Å². The number of aryl methyl sites for hydroxylation is 1. The van der Waals surface area contributed by atoms with Crippen molar-refractivity contribution in [3.8, 4) is 0 Å². The van der Waals surface area contributed by atoms with Crippen molar-refractivity contribution in [3.05, 3.63) is 35.4 Å². The van der Waals surface area contributed by atoms with Gasteiger partial charge in [-0.05, 0) is 55.9 Å². The molecular weight excluding hydrogens is 250 g/mol. The Hall–Kier alpha value is -0.470. The maximum Gasteiger partial charge on any atom is 0.0281 e. The van der Waals surface area contributed by atoms with Crippen LogP contribution < -0.4 is 5.32 Å². The summed E-state index contributed by atoms with van der Waals surface area (Å²) in [7, 11) is 0. The highest BCUT2D eigenvalue weighted by Gasteiger charge is 2.38. The molecule has 0 aromatic heterocycles. The Bertz CT molecular complexity index is 427. The van der Waals surface area contributed by atoms with E-state index in [1.807, 2.05) is 0 Å². The van der Waals surface area contributed by atoms with E-state index in [4.69, 9.17) is 0 Å². The molecule has 0 aliphatic heterocycles. The molecular formula is C17H25NS. The summed E-state index contributed by atoms with van der Waals surface area (Å²) in [5.74, 6) is 0.797. The van der Waals surface area contributed by atoms with Gasteiger partial charge < -0.3 is 5.32 Å². The van der Waals surface area contributed by atoms with Crippen molar-refractivity contribution in [3.63, 3.8) is 0 Å². The molecule has 0 radical (unpaired) electrons. The number of thioether (sulfide) groups is 1. The lowest BCUT2D eigenvalue weighted by molar-refractivity contribution is 0.255. The maximum absolute atomic E-state index is 3.81. The van der Waals surface area contributed by atoms with Gasteiger partial charge in [0, 0.05) is 17.3 Å². The van der Waals surface area contributed by atoms with Crippen LogP contribution in [-0.2, 0) is 0 Å². The molecule has 1 aromatic rings. The topological polar surface area (TPSA) is 12.0 Å². The molecule has 0 spiro atoms. The van der Waals surface area contributed by atoms with E-state index in [1.165, 1.54) is 44.2 Å². The van der Waals surface area contributed by atoms with E-state index in [0.29, 0.717) is 4.75 Å². The van der Waals surface area contributed by atoms with E-state index in [9.17, 15) is 0 Å². The standard InChI is InChI=1S/C17H25NS/c1-13-6-3-4-7-16(13)14-10-15(11-14)18-12-17(19-2)8-5-9-17/h3-4,6-7,14-15,18H,5,8-12H2,1-2H3. The number of hydrogen-bond acceptors (Lipinski definition) is 2. The van der Waals surface area contributed by atoms with Crippen LogP contribution in [0.2, 0.25) is 0 Å². The number of rotatable bonds is 5. The van der Waals surface area contributed by atoms with Crippen LogP contribution in [-0.4, -0.2) is 23.6 Å². The van der Waals surface area contributed by atoms with Crippen molar-refractivity contribution in [2.45, 2.75) is 55.7 Å². The Labute approximate surface area is 121 Å². The van der Waals surface area contributed by atoms with Gasteiger partial charge in [0.1, 0.15) is 0 Å². The summed E-state index contributed by atoms with van der Waals surface area (Å²) in [6.07, 6.45) is 9.19. The van der Waals surface area contributed by atoms with Gasteiger partial charge >= 0.3 is 0 Å². The minimum atomic E-state index is 0.577. The summed E-state index contributed by atoms with van der Waals surface area (Å²) in [4.78, 5) is 0. The van der Waals surface area contributed by atoms with Crippen molar-refractivity contribution in [1.82, 2.24) is 5.32 Å². The van der Waals surface area contributed by atoms with Crippen molar-refractivity contribution < 1.29 is 0 Å². The largest absolute Gasteiger partial charge is 0.313 e. The average molecular weight is 275 g/mol. The predicted octanol–water partition coefficient (Wildman–Crippen LogP) is 4.12. The van der Waals surface area contributed by atoms with Crippen LogP contribution in [0.3, 0.4) is 0 Å². The summed E-state index contributed by atoms with van der Waals surface area (Å²) in [6, 6.07) is 9.64. The van der Waals surface area contributed by atoms with Gasteiger partial charge in [-0.15, -0.1) is 0 Å². The van der Waals surface area contributed by atoms with Crippen LogP contribution in [0.5, 0.6) is 0 Å². The average Bonchev–Trinajstić information content (AvgIpc) is 2.32. The molecule has 2 fully saturated rings. The van der Waals surface area contributed by atoms with E-state index < -0.39 is 0 Å². The first-order chi connectivity index (χ1) is 9.22. The lowest BCUT2D eigenvalue weighted by Gasteiger charge is -2.44. The molecule has 0 bridgehead atoms. The minimum absolute atomic E-state index is 0.577. The van der Waals surface area contributed by atoms with Gasteiger partial charge in [0.25, 0.3) is 0 Å². The molecule has 1 nitrogen and oxygen atoms in total. The Morgan fingerprint density at radius 2 is 2.00 bits per heavy atom. The summed E-state index contributed by atoms with van der Waals surface area (Å²) >= 11 is 2.07. The molecule has 0 amide bonds. The van der Waals surface area contributed by atoms with E-state index >= 15 is 0 Å². The van der Waals surface area contributed by atoms with E-state index in [2.05, 4.69) is 54.5 Å². The van der Waals surface area contributed by atoms with Crippen LogP contribution in [0.25, 0.3) is 0 Å². The van der Waals surface area contributed by atoms with Gasteiger partial charge in [-0.25, -0.2) is 0 Å². The van der Waals surface area contributed by atoms with E-state index in [-0.39, 0.29) is 0 Å². The zero-order chi connectivity index (χ0) is 13.3. The van der Waals surface area contributed by atoms with Crippen LogP contribution >= 0.6 is 11.8 Å². The minimum Gasteiger partial charge on any atom is -0.313 e. The second kappa shape index (κ2) is 5.49. The molecule has 2 aliphatic carbocycles. The van der Waals surface area contributed by atoms with Crippen molar-refractivity contribution in [2.75, 3.05) is 12.8 Å². The molecule has 2 heteroatoms. The zero-order valence-electron chi connectivity index (χ0n) is 12.1. The highest BCUT2D eigenvalue weighted by molar-refractivity contribution is 8.00. The van der Waals surface area contributed by atoms with Gasteiger partial charge in [-0.1, -0.05) is 30.7 Å². The first-order valence-corrected chi connectivity index (χ1v) is 8.79. The van der Waals surface area contributed by atoms with Gasteiger partial charge in [0.05, 0.1) is 0 Å². The van der Waals surface area contributed by atoms with Crippen LogP contribution in [0.15, 0.2) is 24.3 Å². The number of benzene rings is 1. The van der Waals surface area contributed by atoms with Gasteiger partial charge in [-0.3, -0.25) is 0 Å². The monoisotopic (exact) mass is 275 g/mol. The first kappa shape index (κ1) is 13.5. The Morgan fingerprint density at radius 1 is 1.26 bits per heavy atom. The molecule has 19 heavy (non-hydrogen) atoms. The van der Waals surface area contributed by atoms with Gasteiger partial charge in [-0.2, -0.15) is 11.8 Å². The van der Waals surface area contributed by atoms with Crippen molar-refractivity contribution in [2.24, 2.45) is 0 Å². The molecule has 1 aromatic carbocycles. The SMILES string of the molecule is CSC1(CNC2CC(c3ccccc3C)C2)CCC1. The molecule has 1 N–H and O–H groups in total. The molecule has 3 rings (SSSR count). The van der Waals surface area contributed by atoms with E-state index in [0.717, 1.165) is 12.0 Å². The molecule has 104 valence electrons. The molecule has 2 aliphatic rings. The Kier molecular flexibility index (Phi) is 3.91. The van der Waals surface area contributed by atoms with Crippen LogP contribution in [0.1, 0.15) is 49.1 Å². The summed E-state index contributed by atoms with van der Waals surface area (Å²) in [5.41, 5.74) is 3.04. The number of hydrogen-bond donors (Lipinski definition) is 1. The third-order valence-corrected chi connectivity index (χ3v) is 6.60. The fraction of sp³-hybridized carbons (Fsp3) is 0.647. The lowest BCUT2D eigenvalue weighted by atomic mass is 9.74. The molecule has 0 saturated heterocycles. The third-order valence-electron chi connectivity index (χ3n) is 5.18. The first-order valence-electron chi connectivity index (χ1n) is 7.56. The molecule has 0 heterocycles. The van der Waals surface area contributed by atoms with Crippen LogP contribution in [0, 0.1) is 6.92 Å². The summed E-state index contributed by atoms with van der Waals surface area (Å²) in [6.45, 7) is 3.46. The number of nitrogens with one attached hydrogen (secondary N) is 1. The fourth-order valence-corrected chi connectivity index (χ4v) is 4.36. The zero-order valence-corrected chi connectivity index (χ0v) is 12.9. The smallest absolute Gasteiger partial charge is 0.0281 e. The highest BCUT2D eigenvalue weighted by atomic mass is 32.2. The Morgan fingerprint density at radius 3 is 2.58 bits per heavy atom. The lowest BCUT2D eigenvalue weighted by Crippen LogP contribution is -2.49. The van der Waals surface area contributed by atoms with Gasteiger partial charge in [0.2, 0.25) is 0 Å². The highest BCUT2D eigenvalue weighted by Crippen LogP contribution is 2.43. The fourth-order valence-electron chi connectivity index (χ4n) is 3.44. The quantitative estimate of drug-likeness (QED) is 0.867. The molecule has 2 saturated carbocycles. The summed E-state index contributed by atoms with van der Waals surface area (Å²) in [5, 5.41) is 3.81. The third kappa shape index (κ3) is 2.71. The van der Waals surface area contributed by atoms with Crippen molar-refractivity contribution in [1.29, 1.82) is 0 Å². The normalized spacial score (nSPS) is 28.5. The molecule has 0 atom stereocenters.